The molecule has 0 aromatic heterocycles. The number of nitrogens with one attached hydrogen (secondary N) is 1. The first-order valence-corrected chi connectivity index (χ1v) is 7.55. The number of ether oxygens (including phenoxy) is 1. The normalized spacial score (nSPS) is 17.0. The van der Waals surface area contributed by atoms with Crippen LogP contribution in [0.25, 0.3) is 0 Å². The van der Waals surface area contributed by atoms with E-state index >= 15 is 0 Å². The first kappa shape index (κ1) is 14.6. The Morgan fingerprint density at radius 3 is 2.81 bits per heavy atom. The van der Waals surface area contributed by atoms with E-state index in [2.05, 4.69) is 21.2 Å². The smallest absolute Gasteiger partial charge is 0.150 e. The number of anilines is 1. The van der Waals surface area contributed by atoms with E-state index in [1.165, 1.54) is 0 Å². The first-order valence-electron chi connectivity index (χ1n) is 6.38. The van der Waals surface area contributed by atoms with Crippen LogP contribution in [0.3, 0.4) is 0 Å². The number of hydrogen-bond donors (Lipinski definition) is 1. The predicted molar refractivity (Wildman–Crippen MR) is 82.0 cm³/mol. The zero-order valence-corrected chi connectivity index (χ0v) is 13.1. The van der Waals surface area contributed by atoms with Gasteiger partial charge in [-0.3, -0.25) is 0 Å². The minimum atomic E-state index is -0.706. The van der Waals surface area contributed by atoms with Gasteiger partial charge in [-0.2, -0.15) is 0 Å². The molecule has 110 valence electrons. The summed E-state index contributed by atoms with van der Waals surface area (Å²) < 4.78 is 33.5. The van der Waals surface area contributed by atoms with Crippen molar-refractivity contribution in [2.24, 2.45) is 0 Å². The predicted octanol–water partition coefficient (Wildman–Crippen LogP) is 5.32. The van der Waals surface area contributed by atoms with Crippen molar-refractivity contribution in [3.05, 3.63) is 57.0 Å². The number of hydrogen-bond acceptors (Lipinski definition) is 2. The molecule has 0 amide bonds. The Balaban J connectivity index is 1.96. The average Bonchev–Trinajstić information content (AvgIpc) is 2.43. The molecule has 2 nitrogen and oxygen atoms in total. The van der Waals surface area contributed by atoms with Crippen molar-refractivity contribution in [1.29, 1.82) is 0 Å². The quantitative estimate of drug-likeness (QED) is 0.768. The van der Waals surface area contributed by atoms with Gasteiger partial charge in [-0.15, -0.1) is 0 Å². The van der Waals surface area contributed by atoms with Crippen LogP contribution in [-0.4, -0.2) is 6.61 Å². The molecular formula is C15H11BrClF2NO. The zero-order chi connectivity index (χ0) is 15.0. The summed E-state index contributed by atoms with van der Waals surface area (Å²) in [7, 11) is 0. The van der Waals surface area contributed by atoms with Crippen LogP contribution in [0.1, 0.15) is 18.0 Å². The summed E-state index contributed by atoms with van der Waals surface area (Å²) in [5.41, 5.74) is 1.02. The Morgan fingerprint density at radius 2 is 2.05 bits per heavy atom. The van der Waals surface area contributed by atoms with Crippen LogP contribution < -0.4 is 10.1 Å². The van der Waals surface area contributed by atoms with Gasteiger partial charge < -0.3 is 10.1 Å². The van der Waals surface area contributed by atoms with Gasteiger partial charge in [0.05, 0.1) is 23.4 Å². The largest absolute Gasteiger partial charge is 0.493 e. The van der Waals surface area contributed by atoms with Gasteiger partial charge in [0.15, 0.2) is 5.82 Å². The summed E-state index contributed by atoms with van der Waals surface area (Å²) in [6.45, 7) is 0.521. The molecule has 2 aromatic carbocycles. The molecule has 1 unspecified atom stereocenters. The molecule has 0 aliphatic carbocycles. The van der Waals surface area contributed by atoms with Gasteiger partial charge in [-0.1, -0.05) is 27.5 Å². The maximum atomic E-state index is 13.9. The van der Waals surface area contributed by atoms with E-state index in [1.807, 2.05) is 18.2 Å². The number of benzene rings is 2. The minimum Gasteiger partial charge on any atom is -0.493 e. The highest BCUT2D eigenvalue weighted by molar-refractivity contribution is 9.10. The Kier molecular flexibility index (Phi) is 4.04. The van der Waals surface area contributed by atoms with Crippen molar-refractivity contribution in [2.75, 3.05) is 11.9 Å². The van der Waals surface area contributed by atoms with E-state index in [9.17, 15) is 8.78 Å². The van der Waals surface area contributed by atoms with Crippen LogP contribution >= 0.6 is 27.5 Å². The van der Waals surface area contributed by atoms with Crippen LogP contribution in [0.5, 0.6) is 5.75 Å². The number of halogens is 4. The lowest BCUT2D eigenvalue weighted by molar-refractivity contribution is 0.274. The SMILES string of the molecule is Fc1cc(F)c(NC2CCOc3ccc(Br)cc32)c(Cl)c1. The molecule has 21 heavy (non-hydrogen) atoms. The first-order chi connectivity index (χ1) is 10.0. The third-order valence-corrected chi connectivity index (χ3v) is 4.13. The molecule has 3 rings (SSSR count). The lowest BCUT2D eigenvalue weighted by Crippen LogP contribution is -2.21. The maximum absolute atomic E-state index is 13.9. The molecule has 0 fully saturated rings. The molecule has 0 spiro atoms. The average molecular weight is 375 g/mol. The van der Waals surface area contributed by atoms with Crippen molar-refractivity contribution >= 4 is 33.2 Å². The van der Waals surface area contributed by atoms with Gasteiger partial charge in [-0.25, -0.2) is 8.78 Å². The monoisotopic (exact) mass is 373 g/mol. The standard InChI is InChI=1S/C15H11BrClF2NO/c16-8-1-2-14-10(5-8)13(3-4-21-14)20-15-11(17)6-9(18)7-12(15)19/h1-2,5-7,13,20H,3-4H2. The van der Waals surface area contributed by atoms with Crippen molar-refractivity contribution in [3.8, 4) is 5.75 Å². The minimum absolute atomic E-state index is 0.0236. The van der Waals surface area contributed by atoms with Gasteiger partial charge in [0.1, 0.15) is 11.6 Å². The second-order valence-electron chi connectivity index (χ2n) is 4.76. The number of rotatable bonds is 2. The Hall–Kier alpha value is -1.33. The fourth-order valence-electron chi connectivity index (χ4n) is 2.37. The van der Waals surface area contributed by atoms with Gasteiger partial charge in [0.2, 0.25) is 0 Å². The van der Waals surface area contributed by atoms with E-state index in [-0.39, 0.29) is 16.8 Å². The third kappa shape index (κ3) is 2.99. The van der Waals surface area contributed by atoms with Gasteiger partial charge in [0.25, 0.3) is 0 Å². The fraction of sp³-hybridized carbons (Fsp3) is 0.200. The molecule has 6 heteroatoms. The van der Waals surface area contributed by atoms with Crippen molar-refractivity contribution in [3.63, 3.8) is 0 Å². The maximum Gasteiger partial charge on any atom is 0.150 e. The molecule has 1 aliphatic rings. The van der Waals surface area contributed by atoms with Crippen LogP contribution in [-0.2, 0) is 0 Å². The molecule has 1 heterocycles. The lowest BCUT2D eigenvalue weighted by Gasteiger charge is -2.28. The third-order valence-electron chi connectivity index (χ3n) is 3.34. The molecule has 1 N–H and O–H groups in total. The molecular weight excluding hydrogens is 364 g/mol. The lowest BCUT2D eigenvalue weighted by atomic mass is 10.0. The van der Waals surface area contributed by atoms with E-state index in [4.69, 9.17) is 16.3 Å². The highest BCUT2D eigenvalue weighted by atomic mass is 79.9. The summed E-state index contributed by atoms with van der Waals surface area (Å²) in [5.74, 6) is -0.651. The Morgan fingerprint density at radius 1 is 1.24 bits per heavy atom. The Bertz CT molecular complexity index is 672. The Labute approximate surface area is 134 Å². The topological polar surface area (TPSA) is 21.3 Å². The van der Waals surface area contributed by atoms with Crippen molar-refractivity contribution < 1.29 is 13.5 Å². The molecule has 0 bridgehead atoms. The van der Waals surface area contributed by atoms with Crippen LogP contribution in [0.15, 0.2) is 34.8 Å². The summed E-state index contributed by atoms with van der Waals surface area (Å²) in [6, 6.07) is 7.41. The van der Waals surface area contributed by atoms with Crippen molar-refractivity contribution in [2.45, 2.75) is 12.5 Å². The van der Waals surface area contributed by atoms with Crippen molar-refractivity contribution in [1.82, 2.24) is 0 Å². The van der Waals surface area contributed by atoms with Crippen LogP contribution in [0.4, 0.5) is 14.5 Å². The highest BCUT2D eigenvalue weighted by Gasteiger charge is 2.23. The second kappa shape index (κ2) is 5.81. The van der Waals surface area contributed by atoms with E-state index in [0.717, 1.165) is 27.9 Å². The van der Waals surface area contributed by atoms with Gasteiger partial charge >= 0.3 is 0 Å². The molecule has 2 aromatic rings. The van der Waals surface area contributed by atoms with E-state index in [0.29, 0.717) is 13.0 Å². The van der Waals surface area contributed by atoms with E-state index < -0.39 is 11.6 Å². The van der Waals surface area contributed by atoms with Crippen LogP contribution in [0.2, 0.25) is 5.02 Å². The van der Waals surface area contributed by atoms with E-state index in [1.54, 1.807) is 0 Å². The molecule has 0 saturated heterocycles. The summed E-state index contributed by atoms with van der Waals surface area (Å²) >= 11 is 9.34. The molecule has 0 saturated carbocycles. The van der Waals surface area contributed by atoms with Crippen LogP contribution in [0, 0.1) is 11.6 Å². The molecule has 1 aliphatic heterocycles. The van der Waals surface area contributed by atoms with Gasteiger partial charge in [0, 0.05) is 22.5 Å². The summed E-state index contributed by atoms with van der Waals surface area (Å²) in [6.07, 6.45) is 0.663. The fourth-order valence-corrected chi connectivity index (χ4v) is 3.00. The van der Waals surface area contributed by atoms with Gasteiger partial charge in [-0.05, 0) is 24.3 Å². The summed E-state index contributed by atoms with van der Waals surface area (Å²) in [4.78, 5) is 0. The highest BCUT2D eigenvalue weighted by Crippen LogP contribution is 2.38. The molecule has 1 atom stereocenters. The second-order valence-corrected chi connectivity index (χ2v) is 6.08. The summed E-state index contributed by atoms with van der Waals surface area (Å²) in [5, 5.41) is 3.08. The zero-order valence-electron chi connectivity index (χ0n) is 10.8. The molecule has 0 radical (unpaired) electrons. The number of fused-ring (bicyclic) bond motifs is 1.